The van der Waals surface area contributed by atoms with E-state index in [-0.39, 0.29) is 5.91 Å². The van der Waals surface area contributed by atoms with E-state index in [1.807, 2.05) is 42.5 Å². The molecule has 0 aliphatic heterocycles. The van der Waals surface area contributed by atoms with Gasteiger partial charge in [0, 0.05) is 11.1 Å². The Balaban J connectivity index is 1.57. The molecular weight excluding hydrogens is 288 g/mol. The summed E-state index contributed by atoms with van der Waals surface area (Å²) in [5, 5.41) is 6.81. The van der Waals surface area contributed by atoms with Crippen molar-refractivity contribution in [1.82, 2.24) is 20.1 Å². The molecule has 5 heteroatoms. The highest BCUT2D eigenvalue weighted by molar-refractivity contribution is 5.94. The van der Waals surface area contributed by atoms with Crippen molar-refractivity contribution in [1.29, 1.82) is 0 Å². The van der Waals surface area contributed by atoms with Gasteiger partial charge in [-0.05, 0) is 36.4 Å². The lowest BCUT2D eigenvalue weighted by molar-refractivity contribution is 0.0958. The number of carbonyl (C=O) groups excluding carboxylic acids is 1. The van der Waals surface area contributed by atoms with Crippen LogP contribution in [0.2, 0.25) is 0 Å². The van der Waals surface area contributed by atoms with Gasteiger partial charge in [0.15, 0.2) is 0 Å². The highest BCUT2D eigenvalue weighted by Gasteiger charge is 2.04. The second kappa shape index (κ2) is 7.05. The molecule has 112 valence electrons. The number of amides is 1. The Kier molecular flexibility index (Phi) is 4.46. The van der Waals surface area contributed by atoms with Crippen LogP contribution in [0.5, 0.6) is 0 Å². The van der Waals surface area contributed by atoms with E-state index in [4.69, 9.17) is 0 Å². The summed E-state index contributed by atoms with van der Waals surface area (Å²) < 4.78 is 1.63. The molecule has 0 atom stereocenters. The lowest BCUT2D eigenvalue weighted by Crippen LogP contribution is -2.23. The molecule has 3 rings (SSSR count). The Morgan fingerprint density at radius 3 is 2.57 bits per heavy atom. The zero-order chi connectivity index (χ0) is 15.9. The molecule has 23 heavy (non-hydrogen) atoms. The molecule has 5 nitrogen and oxygen atoms in total. The molecule has 1 amide bonds. The Bertz CT molecular complexity index is 828. The Labute approximate surface area is 134 Å². The number of aromatic nitrogens is 3. The van der Waals surface area contributed by atoms with Crippen LogP contribution in [0.15, 0.2) is 67.3 Å². The van der Waals surface area contributed by atoms with E-state index >= 15 is 0 Å². The second-order valence-electron chi connectivity index (χ2n) is 4.74. The SMILES string of the molecule is O=C(NCC#Cc1ccccc1)c1ccc(-n2cncn2)cc1. The van der Waals surface area contributed by atoms with E-state index in [1.165, 1.54) is 6.33 Å². The lowest BCUT2D eigenvalue weighted by atomic mass is 10.2. The normalized spacial score (nSPS) is 9.74. The molecule has 1 heterocycles. The number of nitrogens with zero attached hydrogens (tertiary/aromatic N) is 3. The van der Waals surface area contributed by atoms with Crippen LogP contribution in [-0.4, -0.2) is 27.2 Å². The summed E-state index contributed by atoms with van der Waals surface area (Å²) in [4.78, 5) is 15.9. The summed E-state index contributed by atoms with van der Waals surface area (Å²) in [5.74, 6) is 5.77. The predicted octanol–water partition coefficient (Wildman–Crippen LogP) is 2.05. The topological polar surface area (TPSA) is 59.8 Å². The van der Waals surface area contributed by atoms with Crippen molar-refractivity contribution in [3.63, 3.8) is 0 Å². The van der Waals surface area contributed by atoms with E-state index in [0.29, 0.717) is 12.1 Å². The van der Waals surface area contributed by atoms with Gasteiger partial charge in [-0.3, -0.25) is 4.79 Å². The van der Waals surface area contributed by atoms with Gasteiger partial charge in [-0.15, -0.1) is 0 Å². The number of rotatable bonds is 3. The fourth-order valence-electron chi connectivity index (χ4n) is 2.00. The molecule has 0 saturated heterocycles. The van der Waals surface area contributed by atoms with Crippen LogP contribution >= 0.6 is 0 Å². The summed E-state index contributed by atoms with van der Waals surface area (Å²) in [7, 11) is 0. The Hall–Kier alpha value is -3.39. The third-order valence-corrected chi connectivity index (χ3v) is 3.16. The van der Waals surface area contributed by atoms with Gasteiger partial charge in [-0.1, -0.05) is 30.0 Å². The molecule has 2 aromatic carbocycles. The number of hydrogen-bond acceptors (Lipinski definition) is 3. The summed E-state index contributed by atoms with van der Waals surface area (Å²) in [5.41, 5.74) is 2.36. The van der Waals surface area contributed by atoms with E-state index in [1.54, 1.807) is 23.1 Å². The first-order chi connectivity index (χ1) is 11.3. The summed E-state index contributed by atoms with van der Waals surface area (Å²) >= 11 is 0. The van der Waals surface area contributed by atoms with Crippen molar-refractivity contribution in [2.45, 2.75) is 0 Å². The summed E-state index contributed by atoms with van der Waals surface area (Å²) in [6.07, 6.45) is 3.07. The minimum atomic E-state index is -0.155. The standard InChI is InChI=1S/C18H14N4O/c23-18(20-12-4-7-15-5-2-1-3-6-15)16-8-10-17(11-9-16)22-14-19-13-21-22/h1-3,5-6,8-11,13-14H,12H2,(H,20,23). The highest BCUT2D eigenvalue weighted by atomic mass is 16.1. The molecule has 0 bridgehead atoms. The van der Waals surface area contributed by atoms with E-state index in [9.17, 15) is 4.79 Å². The third-order valence-electron chi connectivity index (χ3n) is 3.16. The smallest absolute Gasteiger partial charge is 0.252 e. The van der Waals surface area contributed by atoms with Crippen LogP contribution in [0.4, 0.5) is 0 Å². The van der Waals surface area contributed by atoms with Crippen LogP contribution < -0.4 is 5.32 Å². The van der Waals surface area contributed by atoms with Gasteiger partial charge in [0.1, 0.15) is 12.7 Å². The first kappa shape index (κ1) is 14.5. The van der Waals surface area contributed by atoms with Crippen LogP contribution in [0, 0.1) is 11.8 Å². The Morgan fingerprint density at radius 2 is 1.87 bits per heavy atom. The molecule has 1 N–H and O–H groups in total. The second-order valence-corrected chi connectivity index (χ2v) is 4.74. The maximum absolute atomic E-state index is 12.0. The fraction of sp³-hybridized carbons (Fsp3) is 0.0556. The monoisotopic (exact) mass is 302 g/mol. The van der Waals surface area contributed by atoms with Gasteiger partial charge in [0.25, 0.3) is 5.91 Å². The average Bonchev–Trinajstić information content (AvgIpc) is 3.14. The van der Waals surface area contributed by atoms with Crippen molar-refractivity contribution in [2.75, 3.05) is 6.54 Å². The predicted molar refractivity (Wildman–Crippen MR) is 87.0 cm³/mol. The van der Waals surface area contributed by atoms with Crippen molar-refractivity contribution in [3.8, 4) is 17.5 Å². The van der Waals surface area contributed by atoms with E-state index in [0.717, 1.165) is 11.3 Å². The molecular formula is C18H14N4O. The Morgan fingerprint density at radius 1 is 1.09 bits per heavy atom. The summed E-state index contributed by atoms with van der Waals surface area (Å²) in [6.45, 7) is 0.304. The molecule has 0 radical (unpaired) electrons. The van der Waals surface area contributed by atoms with E-state index in [2.05, 4.69) is 27.2 Å². The minimum Gasteiger partial charge on any atom is -0.341 e. The zero-order valence-corrected chi connectivity index (χ0v) is 12.3. The van der Waals surface area contributed by atoms with Crippen LogP contribution in [-0.2, 0) is 0 Å². The van der Waals surface area contributed by atoms with Gasteiger partial charge >= 0.3 is 0 Å². The molecule has 0 aliphatic carbocycles. The maximum Gasteiger partial charge on any atom is 0.252 e. The van der Waals surface area contributed by atoms with Crippen LogP contribution in [0.1, 0.15) is 15.9 Å². The molecule has 3 aromatic rings. The average molecular weight is 302 g/mol. The molecule has 0 unspecified atom stereocenters. The number of carbonyl (C=O) groups is 1. The number of hydrogen-bond donors (Lipinski definition) is 1. The molecule has 1 aromatic heterocycles. The zero-order valence-electron chi connectivity index (χ0n) is 12.3. The van der Waals surface area contributed by atoms with Crippen molar-refractivity contribution in [2.24, 2.45) is 0 Å². The molecule has 0 aliphatic rings. The fourth-order valence-corrected chi connectivity index (χ4v) is 2.00. The van der Waals surface area contributed by atoms with Crippen LogP contribution in [0.3, 0.4) is 0 Å². The highest BCUT2D eigenvalue weighted by Crippen LogP contribution is 2.07. The quantitative estimate of drug-likeness (QED) is 0.753. The molecule has 0 saturated carbocycles. The van der Waals surface area contributed by atoms with Crippen molar-refractivity contribution in [3.05, 3.63) is 78.4 Å². The first-order valence-electron chi connectivity index (χ1n) is 7.10. The first-order valence-corrected chi connectivity index (χ1v) is 7.10. The lowest BCUT2D eigenvalue weighted by Gasteiger charge is -2.03. The van der Waals surface area contributed by atoms with Crippen molar-refractivity contribution < 1.29 is 4.79 Å². The van der Waals surface area contributed by atoms with Gasteiger partial charge in [-0.25, -0.2) is 9.67 Å². The van der Waals surface area contributed by atoms with E-state index < -0.39 is 0 Å². The van der Waals surface area contributed by atoms with Crippen LogP contribution in [0.25, 0.3) is 5.69 Å². The molecule has 0 fully saturated rings. The maximum atomic E-state index is 12.0. The van der Waals surface area contributed by atoms with Gasteiger partial charge in [0.2, 0.25) is 0 Å². The minimum absolute atomic E-state index is 0.155. The third kappa shape index (κ3) is 3.83. The number of benzene rings is 2. The van der Waals surface area contributed by atoms with Gasteiger partial charge in [-0.2, -0.15) is 5.10 Å². The van der Waals surface area contributed by atoms with Gasteiger partial charge < -0.3 is 5.32 Å². The van der Waals surface area contributed by atoms with Crippen molar-refractivity contribution >= 4 is 5.91 Å². The summed E-state index contributed by atoms with van der Waals surface area (Å²) in [6, 6.07) is 16.8. The molecule has 0 spiro atoms. The van der Waals surface area contributed by atoms with Gasteiger partial charge in [0.05, 0.1) is 12.2 Å². The largest absolute Gasteiger partial charge is 0.341 e. The number of nitrogens with one attached hydrogen (secondary N) is 1.